The van der Waals surface area contributed by atoms with Crippen molar-refractivity contribution >= 4 is 33.4 Å². The Kier molecular flexibility index (Phi) is 5.44. The van der Waals surface area contributed by atoms with Gasteiger partial charge in [0.25, 0.3) is 5.91 Å². The number of anilines is 1. The lowest BCUT2D eigenvalue weighted by molar-refractivity contribution is 0.102. The van der Waals surface area contributed by atoms with Crippen LogP contribution in [-0.2, 0) is 0 Å². The minimum atomic E-state index is -0.181. The van der Waals surface area contributed by atoms with Crippen molar-refractivity contribution in [1.82, 2.24) is 15.1 Å². The molecule has 0 spiro atoms. The van der Waals surface area contributed by atoms with Gasteiger partial charge in [0.05, 0.1) is 12.1 Å². The van der Waals surface area contributed by atoms with Crippen molar-refractivity contribution in [2.45, 2.75) is 6.42 Å². The fourth-order valence-corrected chi connectivity index (χ4v) is 3.35. The zero-order valence-electron chi connectivity index (χ0n) is 16.6. The largest absolute Gasteiger partial charge is 0.493 e. The number of H-pyrrole nitrogens is 1. The van der Waals surface area contributed by atoms with Gasteiger partial charge >= 0.3 is 0 Å². The molecule has 0 fully saturated rings. The second-order valence-corrected chi connectivity index (χ2v) is 7.27. The third kappa shape index (κ3) is 4.22. The van der Waals surface area contributed by atoms with Gasteiger partial charge in [0.1, 0.15) is 5.75 Å². The maximum Gasteiger partial charge on any atom is 0.257 e. The van der Waals surface area contributed by atoms with E-state index in [2.05, 4.69) is 20.4 Å². The molecule has 3 aromatic carbocycles. The van der Waals surface area contributed by atoms with E-state index in [1.807, 2.05) is 74.8 Å². The van der Waals surface area contributed by atoms with Gasteiger partial charge in [0.2, 0.25) is 0 Å². The Balaban J connectivity index is 1.50. The molecule has 0 atom stereocenters. The summed E-state index contributed by atoms with van der Waals surface area (Å²) in [5.41, 5.74) is 1.45. The number of ether oxygens (including phenoxy) is 1. The molecule has 1 heterocycles. The van der Waals surface area contributed by atoms with Gasteiger partial charge in [0.15, 0.2) is 5.82 Å². The number of carbonyl (C=O) groups excluding carboxylic acids is 1. The van der Waals surface area contributed by atoms with Crippen molar-refractivity contribution in [3.05, 3.63) is 66.2 Å². The summed E-state index contributed by atoms with van der Waals surface area (Å²) in [4.78, 5) is 15.0. The Morgan fingerprint density at radius 1 is 1.07 bits per heavy atom. The number of hydrogen-bond donors (Lipinski definition) is 2. The molecule has 6 heteroatoms. The summed E-state index contributed by atoms with van der Waals surface area (Å²) in [7, 11) is 4.09. The SMILES string of the molecule is CN(C)CCCOc1ccc2c(NC(=O)c3cccc4ccccc34)n[nH]c2c1. The standard InChI is InChI=1S/C23H24N4O2/c1-27(2)13-6-14-29-17-11-12-20-21(15-17)25-26-22(20)24-23(28)19-10-5-8-16-7-3-4-9-18(16)19/h3-5,7-12,15H,6,13-14H2,1-2H3,(H2,24,25,26,28). The Labute approximate surface area is 169 Å². The van der Waals surface area contributed by atoms with Gasteiger partial charge in [-0.1, -0.05) is 36.4 Å². The third-order valence-electron chi connectivity index (χ3n) is 4.82. The monoisotopic (exact) mass is 388 g/mol. The molecule has 6 nitrogen and oxygen atoms in total. The molecule has 29 heavy (non-hydrogen) atoms. The number of aromatic nitrogens is 2. The first-order chi connectivity index (χ1) is 14.1. The van der Waals surface area contributed by atoms with Crippen LogP contribution in [0, 0.1) is 0 Å². The van der Waals surface area contributed by atoms with Crippen LogP contribution in [0.3, 0.4) is 0 Å². The van der Waals surface area contributed by atoms with E-state index in [0.29, 0.717) is 18.0 Å². The number of aromatic amines is 1. The maximum atomic E-state index is 12.9. The topological polar surface area (TPSA) is 70.2 Å². The first-order valence-electron chi connectivity index (χ1n) is 9.66. The highest BCUT2D eigenvalue weighted by Gasteiger charge is 2.14. The molecule has 2 N–H and O–H groups in total. The average molecular weight is 388 g/mol. The normalized spacial score (nSPS) is 11.3. The van der Waals surface area contributed by atoms with Crippen LogP contribution < -0.4 is 10.1 Å². The summed E-state index contributed by atoms with van der Waals surface area (Å²) in [5, 5.41) is 13.0. The molecule has 0 aliphatic heterocycles. The molecule has 1 aromatic heterocycles. The fraction of sp³-hybridized carbons (Fsp3) is 0.217. The summed E-state index contributed by atoms with van der Waals surface area (Å²) in [6.45, 7) is 1.64. The highest BCUT2D eigenvalue weighted by molar-refractivity contribution is 6.14. The number of nitrogens with zero attached hydrogens (tertiary/aromatic N) is 2. The van der Waals surface area contributed by atoms with E-state index in [4.69, 9.17) is 4.74 Å². The van der Waals surface area contributed by atoms with Crippen LogP contribution in [0.4, 0.5) is 5.82 Å². The minimum Gasteiger partial charge on any atom is -0.493 e. The highest BCUT2D eigenvalue weighted by atomic mass is 16.5. The van der Waals surface area contributed by atoms with Crippen LogP contribution in [-0.4, -0.2) is 48.3 Å². The van der Waals surface area contributed by atoms with Crippen LogP contribution in [0.15, 0.2) is 60.7 Å². The van der Waals surface area contributed by atoms with Gasteiger partial charge in [-0.05, 0) is 49.5 Å². The molecule has 0 aliphatic carbocycles. The van der Waals surface area contributed by atoms with Crippen LogP contribution in [0.5, 0.6) is 5.75 Å². The van der Waals surface area contributed by atoms with Crippen LogP contribution in [0.25, 0.3) is 21.7 Å². The highest BCUT2D eigenvalue weighted by Crippen LogP contribution is 2.26. The number of rotatable bonds is 7. The lowest BCUT2D eigenvalue weighted by Crippen LogP contribution is -2.15. The predicted octanol–water partition coefficient (Wildman–Crippen LogP) is 4.30. The van der Waals surface area contributed by atoms with Crippen LogP contribution in [0.1, 0.15) is 16.8 Å². The number of carbonyl (C=O) groups is 1. The first kappa shape index (κ1) is 19.0. The fourth-order valence-electron chi connectivity index (χ4n) is 3.35. The molecule has 0 unspecified atom stereocenters. The van der Waals surface area contributed by atoms with E-state index in [-0.39, 0.29) is 5.91 Å². The Morgan fingerprint density at radius 3 is 2.76 bits per heavy atom. The molecule has 4 aromatic rings. The van der Waals surface area contributed by atoms with Crippen molar-refractivity contribution in [2.24, 2.45) is 0 Å². The van der Waals surface area contributed by atoms with Crippen molar-refractivity contribution < 1.29 is 9.53 Å². The zero-order valence-corrected chi connectivity index (χ0v) is 16.6. The molecule has 0 aliphatic rings. The van der Waals surface area contributed by atoms with E-state index >= 15 is 0 Å². The zero-order chi connectivity index (χ0) is 20.2. The number of benzene rings is 3. The van der Waals surface area contributed by atoms with Gasteiger partial charge in [0, 0.05) is 23.6 Å². The summed E-state index contributed by atoms with van der Waals surface area (Å²) in [6, 6.07) is 19.3. The smallest absolute Gasteiger partial charge is 0.257 e. The second-order valence-electron chi connectivity index (χ2n) is 7.27. The summed E-state index contributed by atoms with van der Waals surface area (Å²) in [6.07, 6.45) is 0.959. The van der Waals surface area contributed by atoms with E-state index < -0.39 is 0 Å². The van der Waals surface area contributed by atoms with Crippen molar-refractivity contribution in [2.75, 3.05) is 32.6 Å². The molecule has 4 rings (SSSR count). The number of amides is 1. The van der Waals surface area contributed by atoms with Crippen molar-refractivity contribution in [3.8, 4) is 5.75 Å². The van der Waals surface area contributed by atoms with E-state index in [1.54, 1.807) is 0 Å². The summed E-state index contributed by atoms with van der Waals surface area (Å²) in [5.74, 6) is 1.11. The summed E-state index contributed by atoms with van der Waals surface area (Å²) >= 11 is 0. The summed E-state index contributed by atoms with van der Waals surface area (Å²) < 4.78 is 5.81. The Morgan fingerprint density at radius 2 is 1.90 bits per heavy atom. The van der Waals surface area contributed by atoms with Crippen LogP contribution in [0.2, 0.25) is 0 Å². The van der Waals surface area contributed by atoms with Gasteiger partial charge in [-0.3, -0.25) is 9.89 Å². The quantitative estimate of drug-likeness (QED) is 0.463. The maximum absolute atomic E-state index is 12.9. The van der Waals surface area contributed by atoms with Crippen LogP contribution >= 0.6 is 0 Å². The second kappa shape index (κ2) is 8.32. The molecule has 0 saturated carbocycles. The first-order valence-corrected chi connectivity index (χ1v) is 9.66. The molecule has 0 bridgehead atoms. The van der Waals surface area contributed by atoms with E-state index in [9.17, 15) is 4.79 Å². The molecule has 0 radical (unpaired) electrons. The Bertz CT molecular complexity index is 1140. The molecular weight excluding hydrogens is 364 g/mol. The Hall–Kier alpha value is -3.38. The van der Waals surface area contributed by atoms with Gasteiger partial charge < -0.3 is 15.0 Å². The lowest BCUT2D eigenvalue weighted by atomic mass is 10.0. The van der Waals surface area contributed by atoms with E-state index in [1.165, 1.54) is 0 Å². The minimum absolute atomic E-state index is 0.181. The third-order valence-corrected chi connectivity index (χ3v) is 4.82. The predicted molar refractivity (Wildman–Crippen MR) is 117 cm³/mol. The number of fused-ring (bicyclic) bond motifs is 2. The van der Waals surface area contributed by atoms with Crippen molar-refractivity contribution in [3.63, 3.8) is 0 Å². The van der Waals surface area contributed by atoms with Gasteiger partial charge in [-0.2, -0.15) is 5.10 Å². The molecular formula is C23H24N4O2. The van der Waals surface area contributed by atoms with Crippen molar-refractivity contribution in [1.29, 1.82) is 0 Å². The lowest BCUT2D eigenvalue weighted by Gasteiger charge is -2.10. The number of nitrogens with one attached hydrogen (secondary N) is 2. The van der Waals surface area contributed by atoms with Gasteiger partial charge in [-0.25, -0.2) is 0 Å². The molecule has 1 amide bonds. The number of hydrogen-bond acceptors (Lipinski definition) is 4. The molecule has 148 valence electrons. The molecule has 0 saturated heterocycles. The van der Waals surface area contributed by atoms with E-state index in [0.717, 1.165) is 40.4 Å². The average Bonchev–Trinajstić information content (AvgIpc) is 3.12. The van der Waals surface area contributed by atoms with Gasteiger partial charge in [-0.15, -0.1) is 0 Å².